The molecule has 0 aliphatic heterocycles. The summed E-state index contributed by atoms with van der Waals surface area (Å²) in [4.78, 5) is 11.0. The van der Waals surface area contributed by atoms with Gasteiger partial charge in [0.05, 0.1) is 0 Å². The number of rotatable bonds is 3. The van der Waals surface area contributed by atoms with Crippen molar-refractivity contribution in [2.75, 3.05) is 0 Å². The number of hydrogen-bond acceptors (Lipinski definition) is 4. The van der Waals surface area contributed by atoms with Crippen LogP contribution in [0.15, 0.2) is 11.4 Å². The molecule has 0 spiro atoms. The molecule has 3 N–H and O–H groups in total. The van der Waals surface area contributed by atoms with Crippen LogP contribution in [0.25, 0.3) is 0 Å². The van der Waals surface area contributed by atoms with E-state index in [4.69, 9.17) is 16.3 Å². The Labute approximate surface area is 76.4 Å². The van der Waals surface area contributed by atoms with Crippen molar-refractivity contribution in [1.29, 1.82) is 10.5 Å². The molecule has 0 unspecified atom stereocenters. The maximum atomic E-state index is 11.0. The summed E-state index contributed by atoms with van der Waals surface area (Å²) in [6, 6.07) is 3.23. The van der Waals surface area contributed by atoms with Gasteiger partial charge in [-0.15, -0.1) is 0 Å². The SMILES string of the molecule is CCCC(=O)N/C(C#N)=C(/N)C#N. The molecular weight excluding hydrogens is 168 g/mol. The first-order valence-electron chi connectivity index (χ1n) is 3.75. The Balaban J connectivity index is 4.44. The maximum absolute atomic E-state index is 11.0. The average molecular weight is 178 g/mol. The van der Waals surface area contributed by atoms with E-state index in [1.807, 2.05) is 6.92 Å². The van der Waals surface area contributed by atoms with Crippen molar-refractivity contribution in [3.8, 4) is 12.1 Å². The Kier molecular flexibility index (Phi) is 4.75. The lowest BCUT2D eigenvalue weighted by molar-refractivity contribution is -0.120. The van der Waals surface area contributed by atoms with Crippen molar-refractivity contribution >= 4 is 5.91 Å². The van der Waals surface area contributed by atoms with Gasteiger partial charge in [-0.25, -0.2) is 0 Å². The fourth-order valence-corrected chi connectivity index (χ4v) is 0.640. The third-order valence-electron chi connectivity index (χ3n) is 1.24. The Hall–Kier alpha value is -2.01. The van der Waals surface area contributed by atoms with Gasteiger partial charge >= 0.3 is 0 Å². The second-order valence-corrected chi connectivity index (χ2v) is 2.31. The number of amides is 1. The van der Waals surface area contributed by atoms with Gasteiger partial charge in [0.1, 0.15) is 17.8 Å². The minimum atomic E-state index is -0.308. The lowest BCUT2D eigenvalue weighted by Crippen LogP contribution is -2.24. The molecule has 68 valence electrons. The normalized spacial score (nSPS) is 10.7. The van der Waals surface area contributed by atoms with E-state index >= 15 is 0 Å². The molecule has 0 heterocycles. The number of allylic oxidation sites excluding steroid dienone is 2. The van der Waals surface area contributed by atoms with Crippen molar-refractivity contribution in [2.45, 2.75) is 19.8 Å². The second kappa shape index (κ2) is 5.62. The molecule has 0 saturated carbocycles. The van der Waals surface area contributed by atoms with Crippen LogP contribution in [0.2, 0.25) is 0 Å². The Morgan fingerprint density at radius 2 is 2.08 bits per heavy atom. The van der Waals surface area contributed by atoms with E-state index in [9.17, 15) is 4.79 Å². The summed E-state index contributed by atoms with van der Waals surface area (Å²) in [5.41, 5.74) is 4.70. The molecule has 5 heteroatoms. The van der Waals surface area contributed by atoms with Crippen LogP contribution in [0.1, 0.15) is 19.8 Å². The zero-order valence-corrected chi connectivity index (χ0v) is 7.29. The van der Waals surface area contributed by atoms with Crippen LogP contribution < -0.4 is 11.1 Å². The summed E-state index contributed by atoms with van der Waals surface area (Å²) in [6.45, 7) is 1.84. The highest BCUT2D eigenvalue weighted by Crippen LogP contribution is 1.94. The third-order valence-corrected chi connectivity index (χ3v) is 1.24. The smallest absolute Gasteiger partial charge is 0.224 e. The Bertz CT molecular complexity index is 305. The van der Waals surface area contributed by atoms with Crippen LogP contribution in [0, 0.1) is 22.7 Å². The first kappa shape index (κ1) is 11.0. The van der Waals surface area contributed by atoms with Crippen molar-refractivity contribution in [3.05, 3.63) is 11.4 Å². The van der Waals surface area contributed by atoms with Gasteiger partial charge in [-0.3, -0.25) is 4.79 Å². The highest BCUT2D eigenvalue weighted by molar-refractivity contribution is 5.78. The van der Waals surface area contributed by atoms with Crippen molar-refractivity contribution in [2.24, 2.45) is 5.73 Å². The minimum Gasteiger partial charge on any atom is -0.388 e. The van der Waals surface area contributed by atoms with Gasteiger partial charge in [0.2, 0.25) is 5.91 Å². The molecule has 0 aromatic carbocycles. The molecule has 0 fully saturated rings. The number of nitrogens with zero attached hydrogens (tertiary/aromatic N) is 2. The summed E-state index contributed by atoms with van der Waals surface area (Å²) in [5, 5.41) is 19.1. The molecule has 0 radical (unpaired) electrons. The van der Waals surface area contributed by atoms with Gasteiger partial charge in [0.25, 0.3) is 0 Å². The Morgan fingerprint density at radius 3 is 2.46 bits per heavy atom. The molecule has 0 atom stereocenters. The van der Waals surface area contributed by atoms with Crippen LogP contribution >= 0.6 is 0 Å². The van der Waals surface area contributed by atoms with Crippen LogP contribution in [0.5, 0.6) is 0 Å². The largest absolute Gasteiger partial charge is 0.388 e. The average Bonchev–Trinajstić information content (AvgIpc) is 2.13. The quantitative estimate of drug-likeness (QED) is 0.599. The summed E-state index contributed by atoms with van der Waals surface area (Å²) < 4.78 is 0. The standard InChI is InChI=1S/C8H10N4O/c1-2-3-8(13)12-7(5-10)6(11)4-9/h2-3,11H2,1H3,(H,12,13)/b7-6+. The molecule has 0 aromatic heterocycles. The number of carbonyl (C=O) groups is 1. The first-order valence-corrected chi connectivity index (χ1v) is 3.75. The zero-order valence-electron chi connectivity index (χ0n) is 7.29. The molecular formula is C8H10N4O. The summed E-state index contributed by atoms with van der Waals surface area (Å²) in [7, 11) is 0. The minimum absolute atomic E-state index is 0.180. The van der Waals surface area contributed by atoms with Crippen LogP contribution in [-0.2, 0) is 4.79 Å². The molecule has 0 aliphatic carbocycles. The third kappa shape index (κ3) is 3.78. The Morgan fingerprint density at radius 1 is 1.46 bits per heavy atom. The van der Waals surface area contributed by atoms with Crippen molar-refractivity contribution in [3.63, 3.8) is 0 Å². The van der Waals surface area contributed by atoms with Crippen LogP contribution in [0.4, 0.5) is 0 Å². The van der Waals surface area contributed by atoms with Crippen molar-refractivity contribution in [1.82, 2.24) is 5.32 Å². The van der Waals surface area contributed by atoms with E-state index in [2.05, 4.69) is 5.32 Å². The summed E-state index contributed by atoms with van der Waals surface area (Å²) in [6.07, 6.45) is 0.987. The van der Waals surface area contributed by atoms with E-state index in [1.54, 1.807) is 12.1 Å². The van der Waals surface area contributed by atoms with Gasteiger partial charge < -0.3 is 11.1 Å². The highest BCUT2D eigenvalue weighted by atomic mass is 16.1. The predicted molar refractivity (Wildman–Crippen MR) is 45.5 cm³/mol. The van der Waals surface area contributed by atoms with Gasteiger partial charge in [0.15, 0.2) is 5.70 Å². The second-order valence-electron chi connectivity index (χ2n) is 2.31. The molecule has 0 saturated heterocycles. The topological polar surface area (TPSA) is 103 Å². The van der Waals surface area contributed by atoms with Crippen LogP contribution in [0.3, 0.4) is 0 Å². The first-order chi connectivity index (χ1) is 6.15. The lowest BCUT2D eigenvalue weighted by atomic mass is 10.3. The molecule has 0 rings (SSSR count). The summed E-state index contributed by atoms with van der Waals surface area (Å²) in [5.74, 6) is -0.308. The fourth-order valence-electron chi connectivity index (χ4n) is 0.640. The van der Waals surface area contributed by atoms with Gasteiger partial charge in [-0.2, -0.15) is 10.5 Å². The highest BCUT2D eigenvalue weighted by Gasteiger charge is 2.06. The van der Waals surface area contributed by atoms with E-state index in [0.29, 0.717) is 12.8 Å². The van der Waals surface area contributed by atoms with E-state index in [0.717, 1.165) is 0 Å². The molecule has 13 heavy (non-hydrogen) atoms. The number of carbonyl (C=O) groups excluding carboxylic acids is 1. The van der Waals surface area contributed by atoms with E-state index in [-0.39, 0.29) is 17.3 Å². The molecule has 0 aliphatic rings. The maximum Gasteiger partial charge on any atom is 0.224 e. The number of nitrogens with two attached hydrogens (primary N) is 1. The van der Waals surface area contributed by atoms with Gasteiger partial charge in [-0.05, 0) is 6.42 Å². The molecule has 0 aromatic rings. The van der Waals surface area contributed by atoms with Crippen LogP contribution in [-0.4, -0.2) is 5.91 Å². The van der Waals surface area contributed by atoms with Crippen molar-refractivity contribution < 1.29 is 4.79 Å². The predicted octanol–water partition coefficient (Wildman–Crippen LogP) is 0.120. The molecule has 0 bridgehead atoms. The fraction of sp³-hybridized carbons (Fsp3) is 0.375. The molecule has 1 amide bonds. The van der Waals surface area contributed by atoms with Gasteiger partial charge in [-0.1, -0.05) is 6.92 Å². The van der Waals surface area contributed by atoms with E-state index in [1.165, 1.54) is 0 Å². The number of nitriles is 2. The number of hydrogen-bond donors (Lipinski definition) is 2. The number of nitrogens with one attached hydrogen (secondary N) is 1. The van der Waals surface area contributed by atoms with Gasteiger partial charge in [0, 0.05) is 6.42 Å². The monoisotopic (exact) mass is 178 g/mol. The molecule has 5 nitrogen and oxygen atoms in total. The summed E-state index contributed by atoms with van der Waals surface area (Å²) >= 11 is 0. The lowest BCUT2D eigenvalue weighted by Gasteiger charge is -2.01. The zero-order chi connectivity index (χ0) is 10.3. The van der Waals surface area contributed by atoms with E-state index < -0.39 is 0 Å².